The Morgan fingerprint density at radius 2 is 1.83 bits per heavy atom. The van der Waals surface area contributed by atoms with Crippen LogP contribution in [0.4, 0.5) is 4.79 Å². The van der Waals surface area contributed by atoms with E-state index in [0.29, 0.717) is 17.9 Å². The molecule has 0 aliphatic carbocycles. The van der Waals surface area contributed by atoms with Gasteiger partial charge in [-0.3, -0.25) is 10.1 Å². The van der Waals surface area contributed by atoms with Crippen LogP contribution in [0, 0.1) is 6.92 Å². The van der Waals surface area contributed by atoms with Crippen LogP contribution >= 0.6 is 0 Å². The highest BCUT2D eigenvalue weighted by molar-refractivity contribution is 6.07. The molecule has 1 fully saturated rings. The maximum atomic E-state index is 12.0. The molecule has 0 spiro atoms. The topological polar surface area (TPSA) is 67.4 Å². The number of imide groups is 1. The van der Waals surface area contributed by atoms with Gasteiger partial charge >= 0.3 is 6.03 Å². The molecule has 0 saturated carbocycles. The highest BCUT2D eigenvalue weighted by Crippen LogP contribution is 2.27. The van der Waals surface area contributed by atoms with E-state index < -0.39 is 11.6 Å². The van der Waals surface area contributed by atoms with E-state index in [2.05, 4.69) is 10.6 Å². The molecule has 5 nitrogen and oxygen atoms in total. The Kier molecular flexibility index (Phi) is 3.78. The fourth-order valence-corrected chi connectivity index (χ4v) is 2.49. The lowest BCUT2D eigenvalue weighted by Crippen LogP contribution is -2.40. The van der Waals surface area contributed by atoms with E-state index in [1.807, 2.05) is 43.3 Å². The van der Waals surface area contributed by atoms with Crippen LogP contribution in [0.2, 0.25) is 0 Å². The number of carbonyl (C=O) groups excluding carboxylic acids is 2. The summed E-state index contributed by atoms with van der Waals surface area (Å²) >= 11 is 0. The Balaban J connectivity index is 1.76. The molecule has 2 aromatic rings. The van der Waals surface area contributed by atoms with Crippen molar-refractivity contribution in [2.45, 2.75) is 26.0 Å². The zero-order valence-corrected chi connectivity index (χ0v) is 13.1. The van der Waals surface area contributed by atoms with E-state index in [1.165, 1.54) is 5.56 Å². The summed E-state index contributed by atoms with van der Waals surface area (Å²) in [4.78, 5) is 23.4. The monoisotopic (exact) mass is 310 g/mol. The Hall–Kier alpha value is -2.82. The average Bonchev–Trinajstić information content (AvgIpc) is 2.81. The van der Waals surface area contributed by atoms with Crippen LogP contribution in [0.25, 0.3) is 0 Å². The first kappa shape index (κ1) is 15.1. The minimum atomic E-state index is -1.07. The van der Waals surface area contributed by atoms with Crippen molar-refractivity contribution in [3.05, 3.63) is 65.2 Å². The van der Waals surface area contributed by atoms with Crippen molar-refractivity contribution in [3.63, 3.8) is 0 Å². The van der Waals surface area contributed by atoms with Crippen molar-refractivity contribution < 1.29 is 14.3 Å². The van der Waals surface area contributed by atoms with Crippen LogP contribution in [-0.4, -0.2) is 11.9 Å². The first-order chi connectivity index (χ1) is 11.0. The predicted molar refractivity (Wildman–Crippen MR) is 86.0 cm³/mol. The van der Waals surface area contributed by atoms with Gasteiger partial charge in [-0.25, -0.2) is 4.79 Å². The Morgan fingerprint density at radius 1 is 1.09 bits per heavy atom. The minimum Gasteiger partial charge on any atom is -0.489 e. The summed E-state index contributed by atoms with van der Waals surface area (Å²) < 4.78 is 5.79. The molecule has 23 heavy (non-hydrogen) atoms. The number of benzene rings is 2. The largest absolute Gasteiger partial charge is 0.489 e. The van der Waals surface area contributed by atoms with Crippen LogP contribution in [0.1, 0.15) is 23.6 Å². The predicted octanol–water partition coefficient (Wildman–Crippen LogP) is 2.63. The molecule has 5 heteroatoms. The van der Waals surface area contributed by atoms with E-state index in [4.69, 9.17) is 4.74 Å². The summed E-state index contributed by atoms with van der Waals surface area (Å²) in [6.45, 7) is 4.15. The molecule has 1 aliphatic heterocycles. The van der Waals surface area contributed by atoms with E-state index in [0.717, 1.165) is 5.56 Å². The van der Waals surface area contributed by atoms with E-state index in [1.54, 1.807) is 19.1 Å². The number of amides is 3. The average molecular weight is 310 g/mol. The zero-order valence-electron chi connectivity index (χ0n) is 13.1. The van der Waals surface area contributed by atoms with Crippen LogP contribution in [0.5, 0.6) is 5.75 Å². The van der Waals surface area contributed by atoms with Gasteiger partial charge < -0.3 is 10.1 Å². The molecule has 2 aromatic carbocycles. The lowest BCUT2D eigenvalue weighted by atomic mass is 9.92. The highest BCUT2D eigenvalue weighted by Gasteiger charge is 2.43. The van der Waals surface area contributed by atoms with E-state index in [-0.39, 0.29) is 5.91 Å². The molecule has 0 radical (unpaired) electrons. The van der Waals surface area contributed by atoms with Gasteiger partial charge in [-0.2, -0.15) is 0 Å². The molecular formula is C18H18N2O3. The third-order valence-corrected chi connectivity index (χ3v) is 3.98. The molecule has 1 heterocycles. The van der Waals surface area contributed by atoms with Gasteiger partial charge in [0.25, 0.3) is 5.91 Å². The second-order valence-corrected chi connectivity index (χ2v) is 5.84. The van der Waals surface area contributed by atoms with Gasteiger partial charge in [0.1, 0.15) is 17.9 Å². The van der Waals surface area contributed by atoms with Gasteiger partial charge in [-0.1, -0.05) is 42.0 Å². The molecule has 0 bridgehead atoms. The van der Waals surface area contributed by atoms with Crippen molar-refractivity contribution >= 4 is 11.9 Å². The molecule has 0 aromatic heterocycles. The fourth-order valence-electron chi connectivity index (χ4n) is 2.49. The minimum absolute atomic E-state index is 0.363. The van der Waals surface area contributed by atoms with Gasteiger partial charge in [-0.05, 0) is 37.1 Å². The fraction of sp³-hybridized carbons (Fsp3) is 0.222. The van der Waals surface area contributed by atoms with Gasteiger partial charge in [0.15, 0.2) is 0 Å². The van der Waals surface area contributed by atoms with Gasteiger partial charge in [-0.15, -0.1) is 0 Å². The molecule has 1 aliphatic rings. The Labute approximate surface area is 134 Å². The van der Waals surface area contributed by atoms with Crippen LogP contribution in [0.3, 0.4) is 0 Å². The molecule has 1 saturated heterocycles. The molecule has 0 unspecified atom stereocenters. The van der Waals surface area contributed by atoms with Gasteiger partial charge in [0.05, 0.1) is 0 Å². The number of hydrogen-bond donors (Lipinski definition) is 2. The van der Waals surface area contributed by atoms with Crippen molar-refractivity contribution in [3.8, 4) is 5.75 Å². The van der Waals surface area contributed by atoms with Crippen LogP contribution < -0.4 is 15.4 Å². The first-order valence-corrected chi connectivity index (χ1v) is 7.40. The van der Waals surface area contributed by atoms with Crippen LogP contribution in [0.15, 0.2) is 48.5 Å². The lowest BCUT2D eigenvalue weighted by Gasteiger charge is -2.21. The standard InChI is InChI=1S/C18H18N2O3/c1-12-6-8-13(9-7-12)11-23-15-5-3-4-14(10-15)18(2)16(21)19-17(22)20-18/h3-10H,11H2,1-2H3,(H2,19,20,21,22)/t18-/m0/s1. The van der Waals surface area contributed by atoms with Crippen molar-refractivity contribution in [1.29, 1.82) is 0 Å². The van der Waals surface area contributed by atoms with Gasteiger partial charge in [0, 0.05) is 0 Å². The summed E-state index contributed by atoms with van der Waals surface area (Å²) in [7, 11) is 0. The number of rotatable bonds is 4. The maximum Gasteiger partial charge on any atom is 0.322 e. The van der Waals surface area contributed by atoms with E-state index in [9.17, 15) is 9.59 Å². The smallest absolute Gasteiger partial charge is 0.322 e. The Bertz CT molecular complexity index is 755. The number of urea groups is 1. The number of carbonyl (C=O) groups is 2. The molecule has 3 rings (SSSR count). The molecular weight excluding hydrogens is 292 g/mol. The summed E-state index contributed by atoms with van der Waals surface area (Å²) in [6.07, 6.45) is 0. The quantitative estimate of drug-likeness (QED) is 0.853. The normalized spacial score (nSPS) is 20.1. The van der Waals surface area contributed by atoms with Gasteiger partial charge in [0.2, 0.25) is 0 Å². The molecule has 1 atom stereocenters. The lowest BCUT2D eigenvalue weighted by molar-refractivity contribution is -0.123. The zero-order chi connectivity index (χ0) is 16.4. The summed E-state index contributed by atoms with van der Waals surface area (Å²) in [5.74, 6) is 0.288. The second-order valence-electron chi connectivity index (χ2n) is 5.84. The third-order valence-electron chi connectivity index (χ3n) is 3.98. The molecule has 3 amide bonds. The van der Waals surface area contributed by atoms with Crippen molar-refractivity contribution in [2.75, 3.05) is 0 Å². The van der Waals surface area contributed by atoms with Crippen molar-refractivity contribution in [2.24, 2.45) is 0 Å². The summed E-state index contributed by atoms with van der Waals surface area (Å²) in [5, 5.41) is 4.91. The number of ether oxygens (including phenoxy) is 1. The highest BCUT2D eigenvalue weighted by atomic mass is 16.5. The Morgan fingerprint density at radius 3 is 2.48 bits per heavy atom. The third kappa shape index (κ3) is 3.04. The van der Waals surface area contributed by atoms with Crippen molar-refractivity contribution in [1.82, 2.24) is 10.6 Å². The number of nitrogens with one attached hydrogen (secondary N) is 2. The SMILES string of the molecule is Cc1ccc(COc2cccc([C@]3(C)NC(=O)NC3=O)c2)cc1. The van der Waals surface area contributed by atoms with Crippen LogP contribution in [-0.2, 0) is 16.9 Å². The number of hydrogen-bond acceptors (Lipinski definition) is 3. The summed E-state index contributed by atoms with van der Waals surface area (Å²) in [5.41, 5.74) is 1.88. The maximum absolute atomic E-state index is 12.0. The molecule has 2 N–H and O–H groups in total. The number of aryl methyl sites for hydroxylation is 1. The molecule has 118 valence electrons. The first-order valence-electron chi connectivity index (χ1n) is 7.40. The summed E-state index contributed by atoms with van der Waals surface area (Å²) in [6, 6.07) is 14.8. The second kappa shape index (κ2) is 5.76. The van der Waals surface area contributed by atoms with E-state index >= 15 is 0 Å².